The van der Waals surface area contributed by atoms with Crippen molar-refractivity contribution in [3.8, 4) is 0 Å². The summed E-state index contributed by atoms with van der Waals surface area (Å²) in [7, 11) is -1.38. The lowest BCUT2D eigenvalue weighted by Gasteiger charge is -2.34. The van der Waals surface area contributed by atoms with Crippen molar-refractivity contribution in [2.75, 3.05) is 12.8 Å². The summed E-state index contributed by atoms with van der Waals surface area (Å²) in [5.41, 5.74) is 0. The third-order valence-corrected chi connectivity index (χ3v) is 6.25. The fourth-order valence-corrected chi connectivity index (χ4v) is 4.73. The van der Waals surface area contributed by atoms with E-state index in [2.05, 4.69) is 0 Å². The Labute approximate surface area is 103 Å². The fraction of sp³-hybridized carbons (Fsp3) is 1.00. The van der Waals surface area contributed by atoms with Crippen LogP contribution in [0.25, 0.3) is 0 Å². The van der Waals surface area contributed by atoms with E-state index < -0.39 is 10.0 Å². The second kappa shape index (κ2) is 4.83. The molecule has 0 aromatic carbocycles. The van der Waals surface area contributed by atoms with E-state index in [9.17, 15) is 8.42 Å². The third-order valence-electron chi connectivity index (χ3n) is 3.70. The van der Waals surface area contributed by atoms with E-state index in [4.69, 9.17) is 11.6 Å². The molecule has 0 bridgehead atoms. The summed E-state index contributed by atoms with van der Waals surface area (Å²) in [6, 6.07) is 0.0131. The molecular formula is C11H20ClNO2S. The zero-order valence-corrected chi connectivity index (χ0v) is 11.3. The van der Waals surface area contributed by atoms with Crippen LogP contribution < -0.4 is 0 Å². The first kappa shape index (κ1) is 12.7. The average Bonchev–Trinajstić information content (AvgIpc) is 3.01. The number of hydrogen-bond acceptors (Lipinski definition) is 2. The standard InChI is InChI=1S/C11H20ClNO2S/c1-13(11-5-3-2-4-10(11)12)16(14,15)8-9-6-7-9/h9-11H,2-8H2,1H3. The van der Waals surface area contributed by atoms with Crippen molar-refractivity contribution in [3.63, 3.8) is 0 Å². The third kappa shape index (κ3) is 2.90. The molecule has 0 aromatic rings. The maximum absolute atomic E-state index is 12.1. The summed E-state index contributed by atoms with van der Waals surface area (Å²) < 4.78 is 25.7. The molecule has 0 saturated heterocycles. The van der Waals surface area contributed by atoms with Crippen LogP contribution in [0.2, 0.25) is 0 Å². The summed E-state index contributed by atoms with van der Waals surface area (Å²) in [5.74, 6) is 0.730. The number of sulfonamides is 1. The van der Waals surface area contributed by atoms with Gasteiger partial charge in [0.15, 0.2) is 0 Å². The van der Waals surface area contributed by atoms with E-state index in [1.807, 2.05) is 0 Å². The molecule has 2 unspecified atom stereocenters. The minimum atomic E-state index is -3.08. The molecule has 0 radical (unpaired) electrons. The first-order chi connectivity index (χ1) is 7.50. The van der Waals surface area contributed by atoms with Gasteiger partial charge in [-0.2, -0.15) is 0 Å². The maximum Gasteiger partial charge on any atom is 0.214 e. The molecule has 16 heavy (non-hydrogen) atoms. The normalized spacial score (nSPS) is 31.9. The quantitative estimate of drug-likeness (QED) is 0.731. The summed E-state index contributed by atoms with van der Waals surface area (Å²) in [6.45, 7) is 0. The van der Waals surface area contributed by atoms with Gasteiger partial charge in [-0.25, -0.2) is 12.7 Å². The number of halogens is 1. The first-order valence-corrected chi connectivity index (χ1v) is 8.15. The highest BCUT2D eigenvalue weighted by Gasteiger charge is 2.36. The van der Waals surface area contributed by atoms with Crippen LogP contribution in [0.15, 0.2) is 0 Å². The topological polar surface area (TPSA) is 37.4 Å². The lowest BCUT2D eigenvalue weighted by atomic mass is 9.95. The SMILES string of the molecule is CN(C1CCCCC1Cl)S(=O)(=O)CC1CC1. The molecule has 2 fully saturated rings. The summed E-state index contributed by atoms with van der Waals surface area (Å²) in [4.78, 5) is 0. The smallest absolute Gasteiger partial charge is 0.212 e. The van der Waals surface area contributed by atoms with Gasteiger partial charge in [0.25, 0.3) is 0 Å². The lowest BCUT2D eigenvalue weighted by molar-refractivity contribution is 0.290. The number of nitrogens with zero attached hydrogens (tertiary/aromatic N) is 1. The molecule has 0 N–H and O–H groups in total. The molecule has 0 amide bonds. The van der Waals surface area contributed by atoms with Gasteiger partial charge in [0, 0.05) is 13.1 Å². The minimum Gasteiger partial charge on any atom is -0.212 e. The van der Waals surface area contributed by atoms with Crippen molar-refractivity contribution in [3.05, 3.63) is 0 Å². The van der Waals surface area contributed by atoms with Crippen molar-refractivity contribution >= 4 is 21.6 Å². The van der Waals surface area contributed by atoms with Crippen LogP contribution in [0.1, 0.15) is 38.5 Å². The monoisotopic (exact) mass is 265 g/mol. The van der Waals surface area contributed by atoms with E-state index in [0.717, 1.165) is 38.5 Å². The second-order valence-corrected chi connectivity index (χ2v) is 7.74. The Bertz CT molecular complexity index is 340. The number of alkyl halides is 1. The zero-order valence-electron chi connectivity index (χ0n) is 9.73. The number of hydrogen-bond donors (Lipinski definition) is 0. The lowest BCUT2D eigenvalue weighted by Crippen LogP contribution is -2.45. The van der Waals surface area contributed by atoms with Gasteiger partial charge in [0.1, 0.15) is 0 Å². The molecular weight excluding hydrogens is 246 g/mol. The molecule has 0 spiro atoms. The van der Waals surface area contributed by atoms with Gasteiger partial charge in [-0.05, 0) is 31.6 Å². The number of rotatable bonds is 4. The summed E-state index contributed by atoms with van der Waals surface area (Å²) in [6.07, 6.45) is 6.21. The van der Waals surface area contributed by atoms with Gasteiger partial charge in [0.05, 0.1) is 11.1 Å². The molecule has 2 aliphatic rings. The maximum atomic E-state index is 12.1. The predicted molar refractivity (Wildman–Crippen MR) is 66.2 cm³/mol. The van der Waals surface area contributed by atoms with Gasteiger partial charge in [-0.1, -0.05) is 12.8 Å². The fourth-order valence-electron chi connectivity index (χ4n) is 2.38. The highest BCUT2D eigenvalue weighted by atomic mass is 35.5. The minimum absolute atomic E-state index is 0.00673. The van der Waals surface area contributed by atoms with Gasteiger partial charge in [-0.3, -0.25) is 0 Å². The van der Waals surface area contributed by atoms with Gasteiger partial charge in [-0.15, -0.1) is 11.6 Å². The van der Waals surface area contributed by atoms with Crippen LogP contribution in [0.4, 0.5) is 0 Å². The van der Waals surface area contributed by atoms with Crippen molar-refractivity contribution in [2.45, 2.75) is 49.9 Å². The molecule has 94 valence electrons. The van der Waals surface area contributed by atoms with E-state index >= 15 is 0 Å². The van der Waals surface area contributed by atoms with Crippen LogP contribution in [0, 0.1) is 5.92 Å². The highest BCUT2D eigenvalue weighted by Crippen LogP contribution is 2.33. The summed E-state index contributed by atoms with van der Waals surface area (Å²) >= 11 is 6.23. The van der Waals surface area contributed by atoms with E-state index in [1.54, 1.807) is 11.4 Å². The van der Waals surface area contributed by atoms with E-state index in [-0.39, 0.29) is 11.4 Å². The largest absolute Gasteiger partial charge is 0.214 e. The Morgan fingerprint density at radius 2 is 1.81 bits per heavy atom. The van der Waals surface area contributed by atoms with Crippen molar-refractivity contribution in [2.24, 2.45) is 5.92 Å². The molecule has 0 heterocycles. The Balaban J connectivity index is 2.01. The van der Waals surface area contributed by atoms with E-state index in [1.165, 1.54) is 0 Å². The van der Waals surface area contributed by atoms with Crippen molar-refractivity contribution < 1.29 is 8.42 Å². The molecule has 0 aliphatic heterocycles. The highest BCUT2D eigenvalue weighted by molar-refractivity contribution is 7.89. The Morgan fingerprint density at radius 3 is 2.38 bits per heavy atom. The summed E-state index contributed by atoms with van der Waals surface area (Å²) in [5, 5.41) is -0.00673. The van der Waals surface area contributed by atoms with Crippen LogP contribution in [-0.2, 0) is 10.0 Å². The zero-order chi connectivity index (χ0) is 11.8. The van der Waals surface area contributed by atoms with Gasteiger partial charge >= 0.3 is 0 Å². The average molecular weight is 266 g/mol. The Kier molecular flexibility index (Phi) is 3.82. The molecule has 2 saturated carbocycles. The van der Waals surface area contributed by atoms with E-state index in [0.29, 0.717) is 11.7 Å². The van der Waals surface area contributed by atoms with Crippen LogP contribution in [0.5, 0.6) is 0 Å². The Hall–Kier alpha value is 0.200. The van der Waals surface area contributed by atoms with Crippen LogP contribution in [-0.4, -0.2) is 36.9 Å². The Morgan fingerprint density at radius 1 is 1.19 bits per heavy atom. The second-order valence-electron chi connectivity index (χ2n) is 5.11. The molecule has 2 atom stereocenters. The predicted octanol–water partition coefficient (Wildman–Crippen LogP) is 2.21. The molecule has 5 heteroatoms. The molecule has 3 nitrogen and oxygen atoms in total. The van der Waals surface area contributed by atoms with Gasteiger partial charge in [0.2, 0.25) is 10.0 Å². The van der Waals surface area contributed by atoms with Gasteiger partial charge < -0.3 is 0 Å². The molecule has 2 rings (SSSR count). The van der Waals surface area contributed by atoms with Crippen molar-refractivity contribution in [1.82, 2.24) is 4.31 Å². The molecule has 2 aliphatic carbocycles. The van der Waals surface area contributed by atoms with Crippen LogP contribution >= 0.6 is 11.6 Å². The van der Waals surface area contributed by atoms with Crippen molar-refractivity contribution in [1.29, 1.82) is 0 Å². The molecule has 0 aromatic heterocycles. The first-order valence-electron chi connectivity index (χ1n) is 6.10. The van der Waals surface area contributed by atoms with Crippen LogP contribution in [0.3, 0.4) is 0 Å².